The summed E-state index contributed by atoms with van der Waals surface area (Å²) in [6, 6.07) is 7.79. The highest BCUT2D eigenvalue weighted by molar-refractivity contribution is 6.62. The van der Waals surface area contributed by atoms with Gasteiger partial charge in [0.15, 0.2) is 0 Å². The number of nitrogens with zero attached hydrogens (tertiary/aromatic N) is 2. The molecule has 0 aromatic heterocycles. The molecule has 2 aliphatic rings. The first-order valence-electron chi connectivity index (χ1n) is 11.4. The topological polar surface area (TPSA) is 68.3 Å². The van der Waals surface area contributed by atoms with Crippen molar-refractivity contribution in [3.8, 4) is 0 Å². The van der Waals surface area contributed by atoms with Crippen LogP contribution in [0, 0.1) is 0 Å². The van der Waals surface area contributed by atoms with Gasteiger partial charge in [0.05, 0.1) is 17.6 Å². The normalized spacial score (nSPS) is 22.8. The first-order chi connectivity index (χ1) is 14.7. The Kier molecular flexibility index (Phi) is 6.69. The summed E-state index contributed by atoms with van der Waals surface area (Å²) in [4.78, 5) is 28.8. The molecule has 0 N–H and O–H groups in total. The Hall–Kier alpha value is -2.06. The second-order valence-corrected chi connectivity index (χ2v) is 10.9. The molecular formula is C24H37BN2O5. The predicted molar refractivity (Wildman–Crippen MR) is 125 cm³/mol. The summed E-state index contributed by atoms with van der Waals surface area (Å²) in [5.41, 5.74) is 0.587. The summed E-state index contributed by atoms with van der Waals surface area (Å²) in [5, 5.41) is 0. The van der Waals surface area contributed by atoms with Crippen molar-refractivity contribution in [1.82, 2.24) is 9.80 Å². The van der Waals surface area contributed by atoms with Crippen LogP contribution in [0.15, 0.2) is 24.3 Å². The lowest BCUT2D eigenvalue weighted by molar-refractivity contribution is -0.134. The fourth-order valence-electron chi connectivity index (χ4n) is 3.87. The van der Waals surface area contributed by atoms with Crippen molar-refractivity contribution in [3.63, 3.8) is 0 Å². The van der Waals surface area contributed by atoms with Crippen LogP contribution in [0.3, 0.4) is 0 Å². The first kappa shape index (κ1) is 24.6. The van der Waals surface area contributed by atoms with Gasteiger partial charge in [-0.15, -0.1) is 0 Å². The molecule has 2 aliphatic heterocycles. The van der Waals surface area contributed by atoms with Gasteiger partial charge < -0.3 is 23.8 Å². The number of piperazine rings is 1. The van der Waals surface area contributed by atoms with E-state index in [9.17, 15) is 9.59 Å². The van der Waals surface area contributed by atoms with E-state index in [1.807, 2.05) is 84.6 Å². The summed E-state index contributed by atoms with van der Waals surface area (Å²) >= 11 is 0. The summed E-state index contributed by atoms with van der Waals surface area (Å²) in [7, 11) is -0.411. The molecule has 2 amide bonds. The molecule has 0 bridgehead atoms. The van der Waals surface area contributed by atoms with Gasteiger partial charge in [-0.25, -0.2) is 4.79 Å². The van der Waals surface area contributed by atoms with Gasteiger partial charge in [-0.05, 0) is 66.4 Å². The Morgan fingerprint density at radius 2 is 1.62 bits per heavy atom. The SMILES string of the molecule is C[C@@H]1CN(C(=O)OC(C)(C)C)CCN1C(=O)Cc1ccc(B2OC(C)(C)C(C)(C)O2)cc1. The number of ether oxygens (including phenoxy) is 1. The lowest BCUT2D eigenvalue weighted by Gasteiger charge is -2.40. The van der Waals surface area contributed by atoms with Crippen molar-refractivity contribution < 1.29 is 23.6 Å². The van der Waals surface area contributed by atoms with Gasteiger partial charge in [0, 0.05) is 25.7 Å². The van der Waals surface area contributed by atoms with Crippen LogP contribution in [0.2, 0.25) is 0 Å². The van der Waals surface area contributed by atoms with Crippen molar-refractivity contribution >= 4 is 24.6 Å². The van der Waals surface area contributed by atoms with Crippen molar-refractivity contribution in [3.05, 3.63) is 29.8 Å². The van der Waals surface area contributed by atoms with Crippen LogP contribution in [-0.2, 0) is 25.3 Å². The maximum atomic E-state index is 12.9. The molecule has 8 heteroatoms. The first-order valence-corrected chi connectivity index (χ1v) is 11.4. The van der Waals surface area contributed by atoms with Crippen LogP contribution >= 0.6 is 0 Å². The van der Waals surface area contributed by atoms with Crippen molar-refractivity contribution in [1.29, 1.82) is 0 Å². The zero-order valence-electron chi connectivity index (χ0n) is 20.7. The van der Waals surface area contributed by atoms with E-state index >= 15 is 0 Å². The minimum atomic E-state index is -0.528. The number of hydrogen-bond acceptors (Lipinski definition) is 5. The van der Waals surface area contributed by atoms with E-state index in [0.717, 1.165) is 11.0 Å². The van der Waals surface area contributed by atoms with Crippen LogP contribution < -0.4 is 5.46 Å². The lowest BCUT2D eigenvalue weighted by Crippen LogP contribution is -2.56. The molecule has 3 rings (SSSR count). The Morgan fingerprint density at radius 3 is 2.12 bits per heavy atom. The number of rotatable bonds is 3. The molecule has 0 radical (unpaired) electrons. The molecule has 0 unspecified atom stereocenters. The smallest absolute Gasteiger partial charge is 0.444 e. The number of amides is 2. The van der Waals surface area contributed by atoms with Crippen LogP contribution in [0.5, 0.6) is 0 Å². The average Bonchev–Trinajstić information content (AvgIpc) is 2.88. The van der Waals surface area contributed by atoms with Gasteiger partial charge in [0.1, 0.15) is 5.60 Å². The van der Waals surface area contributed by atoms with Gasteiger partial charge in [-0.1, -0.05) is 24.3 Å². The highest BCUT2D eigenvalue weighted by Gasteiger charge is 2.51. The van der Waals surface area contributed by atoms with Gasteiger partial charge in [0.25, 0.3) is 0 Å². The van der Waals surface area contributed by atoms with E-state index in [1.54, 1.807) is 4.90 Å². The third-order valence-corrected chi connectivity index (χ3v) is 6.46. The van der Waals surface area contributed by atoms with Crippen molar-refractivity contribution in [2.24, 2.45) is 0 Å². The number of carbonyl (C=O) groups excluding carboxylic acids is 2. The second kappa shape index (κ2) is 8.71. The van der Waals surface area contributed by atoms with Gasteiger partial charge in [-0.3, -0.25) is 4.79 Å². The monoisotopic (exact) mass is 444 g/mol. The third-order valence-electron chi connectivity index (χ3n) is 6.46. The van der Waals surface area contributed by atoms with E-state index in [0.29, 0.717) is 26.1 Å². The quantitative estimate of drug-likeness (QED) is 0.671. The van der Waals surface area contributed by atoms with E-state index < -0.39 is 12.7 Å². The Bertz CT molecular complexity index is 831. The molecule has 1 aromatic carbocycles. The fraction of sp³-hybridized carbons (Fsp3) is 0.667. The summed E-state index contributed by atoms with van der Waals surface area (Å²) in [6.07, 6.45) is -0.00445. The van der Waals surface area contributed by atoms with Crippen LogP contribution in [0.25, 0.3) is 0 Å². The van der Waals surface area contributed by atoms with Crippen LogP contribution in [-0.4, -0.2) is 71.4 Å². The molecule has 0 aliphatic carbocycles. The molecule has 2 heterocycles. The predicted octanol–water partition coefficient (Wildman–Crippen LogP) is 3.00. The lowest BCUT2D eigenvalue weighted by atomic mass is 9.79. The van der Waals surface area contributed by atoms with E-state index in [1.165, 1.54) is 0 Å². The molecular weight excluding hydrogens is 407 g/mol. The molecule has 1 atom stereocenters. The van der Waals surface area contributed by atoms with Gasteiger partial charge >= 0.3 is 13.2 Å². The number of hydrogen-bond donors (Lipinski definition) is 0. The van der Waals surface area contributed by atoms with Crippen molar-refractivity contribution in [2.45, 2.75) is 84.7 Å². The zero-order chi connectivity index (χ0) is 23.9. The molecule has 2 fully saturated rings. The molecule has 176 valence electrons. The minimum absolute atomic E-state index is 0.0599. The zero-order valence-corrected chi connectivity index (χ0v) is 20.7. The molecule has 32 heavy (non-hydrogen) atoms. The standard InChI is InChI=1S/C24H37BN2O5/c1-17-16-26(21(29)30-22(2,3)4)13-14-27(17)20(28)15-18-9-11-19(12-10-18)25-31-23(5,6)24(7,8)32-25/h9-12,17H,13-16H2,1-8H3/t17-/m1/s1. The van der Waals surface area contributed by atoms with E-state index in [2.05, 4.69) is 0 Å². The largest absolute Gasteiger partial charge is 0.494 e. The average molecular weight is 444 g/mol. The summed E-state index contributed by atoms with van der Waals surface area (Å²) in [5.74, 6) is 0.0599. The highest BCUT2D eigenvalue weighted by Crippen LogP contribution is 2.36. The fourth-order valence-corrected chi connectivity index (χ4v) is 3.87. The van der Waals surface area contributed by atoms with Crippen molar-refractivity contribution in [2.75, 3.05) is 19.6 Å². The van der Waals surface area contributed by atoms with Crippen LogP contribution in [0.4, 0.5) is 4.79 Å². The van der Waals surface area contributed by atoms with Crippen LogP contribution in [0.1, 0.15) is 61.0 Å². The Labute approximate surface area is 192 Å². The number of benzene rings is 1. The maximum Gasteiger partial charge on any atom is 0.494 e. The van der Waals surface area contributed by atoms with Gasteiger partial charge in [0.2, 0.25) is 5.91 Å². The third kappa shape index (κ3) is 5.46. The van der Waals surface area contributed by atoms with E-state index in [4.69, 9.17) is 14.0 Å². The summed E-state index contributed by atoms with van der Waals surface area (Å²) in [6.45, 7) is 17.1. The Balaban J connectivity index is 1.56. The highest BCUT2D eigenvalue weighted by atomic mass is 16.7. The second-order valence-electron chi connectivity index (χ2n) is 10.9. The van der Waals surface area contributed by atoms with Gasteiger partial charge in [-0.2, -0.15) is 0 Å². The summed E-state index contributed by atoms with van der Waals surface area (Å²) < 4.78 is 17.7. The maximum absolute atomic E-state index is 12.9. The Morgan fingerprint density at radius 1 is 1.06 bits per heavy atom. The molecule has 7 nitrogen and oxygen atoms in total. The number of carbonyl (C=O) groups is 2. The minimum Gasteiger partial charge on any atom is -0.444 e. The molecule has 1 aromatic rings. The molecule has 0 spiro atoms. The molecule has 2 saturated heterocycles. The van der Waals surface area contributed by atoms with E-state index in [-0.39, 0.29) is 29.2 Å². The molecule has 0 saturated carbocycles.